The molecule has 0 aliphatic carbocycles. The Kier molecular flexibility index (Phi) is 17.2. The van der Waals surface area contributed by atoms with E-state index in [0.29, 0.717) is 19.5 Å². The summed E-state index contributed by atoms with van der Waals surface area (Å²) >= 11 is 0. The molecule has 0 aromatic heterocycles. The number of ether oxygens (including phenoxy) is 3. The Morgan fingerprint density at radius 2 is 1.09 bits per heavy atom. The molecule has 0 N–H and O–H groups in total. The smallest absolute Gasteiger partial charge is 0.330 e. The Balaban J connectivity index is 4.82. The van der Waals surface area contributed by atoms with Gasteiger partial charge in [-0.25, -0.2) is 4.79 Å². The summed E-state index contributed by atoms with van der Waals surface area (Å²) in [5.41, 5.74) is -0.822. The van der Waals surface area contributed by atoms with E-state index in [2.05, 4.69) is 26.2 Å². The summed E-state index contributed by atoms with van der Waals surface area (Å²) in [5.74, 6) is -1.27. The Hall–Kier alpha value is -2.01. The predicted octanol–water partition coefficient (Wildman–Crippen LogP) is 0.965. The van der Waals surface area contributed by atoms with Crippen molar-refractivity contribution in [3.05, 3.63) is 12.7 Å². The molecule has 0 aromatic rings. The Labute approximate surface area is 212 Å². The summed E-state index contributed by atoms with van der Waals surface area (Å²) in [7, 11) is 11.9. The van der Waals surface area contributed by atoms with Crippen LogP contribution in [0.3, 0.4) is 0 Å². The van der Waals surface area contributed by atoms with Crippen LogP contribution in [-0.2, 0) is 28.6 Å². The van der Waals surface area contributed by atoms with E-state index in [9.17, 15) is 14.4 Å². The molecule has 0 bridgehead atoms. The lowest BCUT2D eigenvalue weighted by molar-refractivity contribution is -0.160. The summed E-state index contributed by atoms with van der Waals surface area (Å²) in [6.45, 7) is 9.87. The van der Waals surface area contributed by atoms with Crippen LogP contribution >= 0.6 is 0 Å². The third-order valence-electron chi connectivity index (χ3n) is 5.77. The molecule has 10 nitrogen and oxygen atoms in total. The fraction of sp³-hybridized carbons (Fsp3) is 0.800. The summed E-state index contributed by atoms with van der Waals surface area (Å²) < 4.78 is 16.3. The Bertz CT molecular complexity index is 603. The van der Waals surface area contributed by atoms with Gasteiger partial charge in [-0.3, -0.25) is 9.59 Å². The maximum absolute atomic E-state index is 12.4. The normalized spacial score (nSPS) is 11.9. The van der Waals surface area contributed by atoms with Crippen LogP contribution in [0.5, 0.6) is 0 Å². The first-order valence-corrected chi connectivity index (χ1v) is 12.2. The fourth-order valence-electron chi connectivity index (χ4n) is 2.86. The molecule has 0 aliphatic rings. The fourth-order valence-corrected chi connectivity index (χ4v) is 2.86. The molecule has 0 amide bonds. The van der Waals surface area contributed by atoms with Gasteiger partial charge in [0, 0.05) is 45.3 Å². The van der Waals surface area contributed by atoms with Crippen molar-refractivity contribution >= 4 is 17.9 Å². The summed E-state index contributed by atoms with van der Waals surface area (Å²) in [5, 5.41) is 0. The number of rotatable bonds is 20. The number of hydrogen-bond donors (Lipinski definition) is 0. The third kappa shape index (κ3) is 17.1. The summed E-state index contributed by atoms with van der Waals surface area (Å²) in [6.07, 6.45) is 2.06. The number of hydrogen-bond acceptors (Lipinski definition) is 10. The van der Waals surface area contributed by atoms with Crippen LogP contribution in [0.25, 0.3) is 0 Å². The van der Waals surface area contributed by atoms with Crippen LogP contribution in [-0.4, -0.2) is 139 Å². The van der Waals surface area contributed by atoms with Crippen molar-refractivity contribution in [1.29, 1.82) is 0 Å². The van der Waals surface area contributed by atoms with Gasteiger partial charge in [-0.2, -0.15) is 0 Å². The number of carbonyl (C=O) groups excluding carboxylic acids is 3. The lowest BCUT2D eigenvalue weighted by atomic mass is 9.88. The van der Waals surface area contributed by atoms with Gasteiger partial charge in [-0.15, -0.1) is 0 Å². The molecule has 0 atom stereocenters. The first kappa shape index (κ1) is 33.0. The average molecular weight is 501 g/mol. The van der Waals surface area contributed by atoms with Crippen molar-refractivity contribution in [2.45, 2.75) is 26.2 Å². The molecule has 0 aromatic carbocycles. The quantitative estimate of drug-likeness (QED) is 0.137. The van der Waals surface area contributed by atoms with Crippen LogP contribution in [0.1, 0.15) is 26.2 Å². The standard InChI is InChI=1S/C25H48N4O6/c1-9-22(30)33-19-25(10-2,20-34-23(31)11-13-28(7)17-15-26(3)4)21-35-24(32)12-14-29(8)18-16-27(5)6/h9H,1,10-21H2,2-8H3. The van der Waals surface area contributed by atoms with Crippen LogP contribution in [0.2, 0.25) is 0 Å². The molecule has 204 valence electrons. The highest BCUT2D eigenvalue weighted by Crippen LogP contribution is 2.25. The van der Waals surface area contributed by atoms with E-state index in [1.54, 1.807) is 0 Å². The van der Waals surface area contributed by atoms with Crippen molar-refractivity contribution in [3.63, 3.8) is 0 Å². The van der Waals surface area contributed by atoms with Crippen molar-refractivity contribution in [3.8, 4) is 0 Å². The van der Waals surface area contributed by atoms with Gasteiger partial charge in [0.1, 0.15) is 19.8 Å². The van der Waals surface area contributed by atoms with E-state index in [1.807, 2.05) is 49.2 Å². The molecule has 0 unspecified atom stereocenters. The Morgan fingerprint density at radius 3 is 1.43 bits per heavy atom. The second-order valence-corrected chi connectivity index (χ2v) is 9.70. The van der Waals surface area contributed by atoms with Gasteiger partial charge in [0.25, 0.3) is 0 Å². The lowest BCUT2D eigenvalue weighted by Crippen LogP contribution is -2.39. The molecule has 0 saturated carbocycles. The average Bonchev–Trinajstić information content (AvgIpc) is 2.82. The van der Waals surface area contributed by atoms with E-state index in [4.69, 9.17) is 14.2 Å². The van der Waals surface area contributed by atoms with Crippen molar-refractivity contribution < 1.29 is 28.6 Å². The highest BCUT2D eigenvalue weighted by Gasteiger charge is 2.34. The summed E-state index contributed by atoms with van der Waals surface area (Å²) in [4.78, 5) is 44.7. The minimum atomic E-state index is -0.822. The molecule has 0 radical (unpaired) electrons. The van der Waals surface area contributed by atoms with Crippen LogP contribution in [0.15, 0.2) is 12.7 Å². The second-order valence-electron chi connectivity index (χ2n) is 9.70. The zero-order chi connectivity index (χ0) is 26.9. The van der Waals surface area contributed by atoms with Gasteiger partial charge in [-0.1, -0.05) is 13.5 Å². The monoisotopic (exact) mass is 500 g/mol. The highest BCUT2D eigenvalue weighted by molar-refractivity contribution is 5.81. The maximum Gasteiger partial charge on any atom is 0.330 e. The molecule has 0 heterocycles. The number of likely N-dealkylation sites (N-methyl/N-ethyl adjacent to an activating group) is 4. The van der Waals surface area contributed by atoms with Gasteiger partial charge in [0.15, 0.2) is 0 Å². The van der Waals surface area contributed by atoms with E-state index >= 15 is 0 Å². The molecule has 10 heteroatoms. The Morgan fingerprint density at radius 1 is 0.686 bits per heavy atom. The molecule has 35 heavy (non-hydrogen) atoms. The molecular formula is C25H48N4O6. The molecule has 0 spiro atoms. The topological polar surface area (TPSA) is 91.9 Å². The maximum atomic E-state index is 12.4. The van der Waals surface area contributed by atoms with Crippen molar-refractivity contribution in [1.82, 2.24) is 19.6 Å². The number of carbonyl (C=O) groups is 3. The zero-order valence-corrected chi connectivity index (χ0v) is 23.0. The van der Waals surface area contributed by atoms with Gasteiger partial charge in [0.2, 0.25) is 0 Å². The van der Waals surface area contributed by atoms with Gasteiger partial charge in [0.05, 0.1) is 18.3 Å². The first-order chi connectivity index (χ1) is 16.4. The third-order valence-corrected chi connectivity index (χ3v) is 5.77. The van der Waals surface area contributed by atoms with Gasteiger partial charge >= 0.3 is 17.9 Å². The van der Waals surface area contributed by atoms with Crippen molar-refractivity contribution in [2.24, 2.45) is 5.41 Å². The summed E-state index contributed by atoms with van der Waals surface area (Å²) in [6, 6.07) is 0. The SMILES string of the molecule is C=CC(=O)OCC(CC)(COC(=O)CCN(C)CCN(C)C)COC(=O)CCN(C)CCN(C)C. The number of esters is 3. The molecule has 0 rings (SSSR count). The van der Waals surface area contributed by atoms with Crippen LogP contribution in [0.4, 0.5) is 0 Å². The van der Waals surface area contributed by atoms with E-state index in [0.717, 1.165) is 32.3 Å². The van der Waals surface area contributed by atoms with Crippen LogP contribution < -0.4 is 0 Å². The van der Waals surface area contributed by atoms with E-state index in [-0.39, 0.29) is 44.6 Å². The predicted molar refractivity (Wildman–Crippen MR) is 137 cm³/mol. The lowest BCUT2D eigenvalue weighted by Gasteiger charge is -2.31. The number of nitrogens with zero attached hydrogens (tertiary/aromatic N) is 4. The van der Waals surface area contributed by atoms with Crippen LogP contribution in [0, 0.1) is 5.41 Å². The zero-order valence-electron chi connectivity index (χ0n) is 23.0. The molecule has 0 aliphatic heterocycles. The van der Waals surface area contributed by atoms with Gasteiger partial charge < -0.3 is 33.8 Å². The first-order valence-electron chi connectivity index (χ1n) is 12.2. The largest absolute Gasteiger partial charge is 0.465 e. The minimum absolute atomic E-state index is 0.00974. The van der Waals surface area contributed by atoms with E-state index < -0.39 is 11.4 Å². The minimum Gasteiger partial charge on any atom is -0.465 e. The molecule has 0 saturated heterocycles. The van der Waals surface area contributed by atoms with E-state index in [1.165, 1.54) is 0 Å². The molecule has 0 fully saturated rings. The van der Waals surface area contributed by atoms with Gasteiger partial charge in [-0.05, 0) is 48.7 Å². The van der Waals surface area contributed by atoms with Crippen molar-refractivity contribution in [2.75, 3.05) is 101 Å². The highest BCUT2D eigenvalue weighted by atomic mass is 16.6. The second kappa shape index (κ2) is 18.3. The molecular weight excluding hydrogens is 452 g/mol.